The summed E-state index contributed by atoms with van der Waals surface area (Å²) in [6.45, 7) is 0.957. The van der Waals surface area contributed by atoms with Crippen LogP contribution in [-0.2, 0) is 16.4 Å². The Kier molecular flexibility index (Phi) is 4.06. The van der Waals surface area contributed by atoms with Crippen LogP contribution in [0.1, 0.15) is 0 Å². The number of hydrogen-bond acceptors (Lipinski definition) is 5. The lowest BCUT2D eigenvalue weighted by atomic mass is 10.3. The highest BCUT2D eigenvalue weighted by molar-refractivity contribution is 7.91. The van der Waals surface area contributed by atoms with E-state index in [-0.39, 0.29) is 9.79 Å². The van der Waals surface area contributed by atoms with Crippen LogP contribution in [0, 0.1) is 0 Å². The zero-order chi connectivity index (χ0) is 16.4. The predicted octanol–water partition coefficient (Wildman–Crippen LogP) is 1.84. The fourth-order valence-electron chi connectivity index (χ4n) is 2.54. The Labute approximate surface area is 134 Å². The van der Waals surface area contributed by atoms with Gasteiger partial charge in [0.1, 0.15) is 5.75 Å². The summed E-state index contributed by atoms with van der Waals surface area (Å²) in [6, 6.07) is 8.22. The first-order valence-corrected chi connectivity index (χ1v) is 8.58. The Balaban J connectivity index is 2.22. The predicted molar refractivity (Wildman–Crippen MR) is 87.2 cm³/mol. The molecule has 6 nitrogen and oxygen atoms in total. The van der Waals surface area contributed by atoms with Gasteiger partial charge in [-0.2, -0.15) is 0 Å². The van der Waals surface area contributed by atoms with Crippen molar-refractivity contribution in [2.75, 3.05) is 13.7 Å². The Morgan fingerprint density at radius 1 is 1.30 bits per heavy atom. The van der Waals surface area contributed by atoms with E-state index in [9.17, 15) is 8.42 Å². The van der Waals surface area contributed by atoms with Gasteiger partial charge in [0.05, 0.1) is 22.4 Å². The fraction of sp³-hybridized carbons (Fsp3) is 0.188. The van der Waals surface area contributed by atoms with E-state index in [1.54, 1.807) is 42.9 Å². The minimum absolute atomic E-state index is 0.188. The smallest absolute Gasteiger partial charge is 0.208 e. The summed E-state index contributed by atoms with van der Waals surface area (Å²) >= 11 is 0. The molecule has 0 saturated carbocycles. The van der Waals surface area contributed by atoms with Gasteiger partial charge in [0, 0.05) is 37.1 Å². The number of ether oxygens (including phenoxy) is 1. The third-order valence-corrected chi connectivity index (χ3v) is 5.44. The zero-order valence-electron chi connectivity index (χ0n) is 12.6. The summed E-state index contributed by atoms with van der Waals surface area (Å²) in [4.78, 5) is 4.47. The Morgan fingerprint density at radius 2 is 2.13 bits per heavy atom. The minimum atomic E-state index is -3.68. The van der Waals surface area contributed by atoms with Gasteiger partial charge in [-0.1, -0.05) is 6.07 Å². The van der Waals surface area contributed by atoms with Crippen LogP contribution in [0.25, 0.3) is 10.9 Å². The molecule has 0 unspecified atom stereocenters. The highest BCUT2D eigenvalue weighted by atomic mass is 32.2. The van der Waals surface area contributed by atoms with Crippen LogP contribution in [0.4, 0.5) is 0 Å². The number of pyridine rings is 1. The number of hydrogen-bond donors (Lipinski definition) is 1. The van der Waals surface area contributed by atoms with E-state index in [1.165, 1.54) is 13.2 Å². The van der Waals surface area contributed by atoms with Gasteiger partial charge in [-0.3, -0.25) is 4.98 Å². The van der Waals surface area contributed by atoms with Crippen molar-refractivity contribution in [1.29, 1.82) is 0 Å². The summed E-state index contributed by atoms with van der Waals surface area (Å²) in [6.07, 6.45) is 4.82. The van der Waals surface area contributed by atoms with Gasteiger partial charge in [-0.15, -0.1) is 0 Å². The number of methoxy groups -OCH3 is 1. The van der Waals surface area contributed by atoms with Crippen molar-refractivity contribution in [3.63, 3.8) is 0 Å². The molecule has 0 amide bonds. The molecule has 0 saturated heterocycles. The van der Waals surface area contributed by atoms with Gasteiger partial charge in [0.25, 0.3) is 0 Å². The first-order valence-electron chi connectivity index (χ1n) is 7.10. The maximum absolute atomic E-state index is 13.0. The number of fused-ring (bicyclic) bond motifs is 1. The van der Waals surface area contributed by atoms with Gasteiger partial charge in [-0.25, -0.2) is 8.42 Å². The van der Waals surface area contributed by atoms with Crippen molar-refractivity contribution < 1.29 is 13.2 Å². The number of nitrogens with zero attached hydrogens (tertiary/aromatic N) is 2. The second-order valence-electron chi connectivity index (χ2n) is 5.05. The van der Waals surface area contributed by atoms with Crippen molar-refractivity contribution in [3.8, 4) is 5.75 Å². The first kappa shape index (κ1) is 15.5. The molecule has 0 bridgehead atoms. The summed E-state index contributed by atoms with van der Waals surface area (Å²) in [5, 5.41) is 0.587. The SMILES string of the molecule is COc1cccc(S(=O)(=O)c2cn(CCN)c3ccncc23)c1. The Bertz CT molecular complexity index is 948. The molecule has 0 radical (unpaired) electrons. The van der Waals surface area contributed by atoms with Gasteiger partial charge in [0.15, 0.2) is 0 Å². The topological polar surface area (TPSA) is 87.2 Å². The molecular weight excluding hydrogens is 314 g/mol. The number of aromatic nitrogens is 2. The number of sulfone groups is 1. The number of nitrogens with two attached hydrogens (primary N) is 1. The third kappa shape index (κ3) is 2.69. The zero-order valence-corrected chi connectivity index (χ0v) is 13.5. The lowest BCUT2D eigenvalue weighted by Gasteiger charge is -2.05. The average molecular weight is 331 g/mol. The molecular formula is C16H17N3O3S. The molecule has 0 atom stereocenters. The molecule has 2 N–H and O–H groups in total. The van der Waals surface area contributed by atoms with Crippen LogP contribution in [0.15, 0.2) is 58.7 Å². The van der Waals surface area contributed by atoms with Crippen molar-refractivity contribution in [3.05, 3.63) is 48.9 Å². The van der Waals surface area contributed by atoms with Gasteiger partial charge in [-0.05, 0) is 24.3 Å². The second kappa shape index (κ2) is 6.02. The highest BCUT2D eigenvalue weighted by Gasteiger charge is 2.23. The van der Waals surface area contributed by atoms with Crippen molar-refractivity contribution in [2.24, 2.45) is 5.73 Å². The minimum Gasteiger partial charge on any atom is -0.497 e. The monoisotopic (exact) mass is 331 g/mol. The van der Waals surface area contributed by atoms with E-state index in [0.29, 0.717) is 24.2 Å². The van der Waals surface area contributed by atoms with E-state index in [2.05, 4.69) is 4.98 Å². The quantitative estimate of drug-likeness (QED) is 0.771. The fourth-order valence-corrected chi connectivity index (χ4v) is 4.04. The summed E-state index contributed by atoms with van der Waals surface area (Å²) in [5.41, 5.74) is 6.41. The molecule has 0 aliphatic rings. The van der Waals surface area contributed by atoms with Crippen LogP contribution in [0.3, 0.4) is 0 Å². The summed E-state index contributed by atoms with van der Waals surface area (Å²) in [5.74, 6) is 0.495. The molecule has 120 valence electrons. The molecule has 2 heterocycles. The molecule has 3 rings (SSSR count). The van der Waals surface area contributed by atoms with Gasteiger partial charge < -0.3 is 15.0 Å². The van der Waals surface area contributed by atoms with Crippen LogP contribution in [-0.4, -0.2) is 31.6 Å². The Hall–Kier alpha value is -2.38. The van der Waals surface area contributed by atoms with Crippen LogP contribution < -0.4 is 10.5 Å². The molecule has 0 aliphatic heterocycles. The lowest BCUT2D eigenvalue weighted by Crippen LogP contribution is -2.09. The van der Waals surface area contributed by atoms with Crippen LogP contribution in [0.2, 0.25) is 0 Å². The van der Waals surface area contributed by atoms with Crippen molar-refractivity contribution >= 4 is 20.7 Å². The molecule has 0 spiro atoms. The normalized spacial score (nSPS) is 11.7. The first-order chi connectivity index (χ1) is 11.1. The molecule has 0 aliphatic carbocycles. The van der Waals surface area contributed by atoms with E-state index >= 15 is 0 Å². The second-order valence-corrected chi connectivity index (χ2v) is 6.97. The van der Waals surface area contributed by atoms with E-state index in [0.717, 1.165) is 5.52 Å². The maximum atomic E-state index is 13.0. The summed E-state index contributed by atoms with van der Waals surface area (Å²) in [7, 11) is -2.17. The number of benzene rings is 1. The van der Waals surface area contributed by atoms with E-state index < -0.39 is 9.84 Å². The van der Waals surface area contributed by atoms with Crippen LogP contribution in [0.5, 0.6) is 5.75 Å². The molecule has 23 heavy (non-hydrogen) atoms. The van der Waals surface area contributed by atoms with Crippen LogP contribution >= 0.6 is 0 Å². The standard InChI is InChI=1S/C16H17N3O3S/c1-22-12-3-2-4-13(9-12)23(20,21)16-11-19(8-6-17)15-5-7-18-10-14(15)16/h2-5,7,9-11H,6,8,17H2,1H3. The molecule has 3 aromatic rings. The molecule has 0 fully saturated rings. The van der Waals surface area contributed by atoms with Crippen molar-refractivity contribution in [1.82, 2.24) is 9.55 Å². The van der Waals surface area contributed by atoms with E-state index in [4.69, 9.17) is 10.5 Å². The van der Waals surface area contributed by atoms with Crippen molar-refractivity contribution in [2.45, 2.75) is 16.3 Å². The Morgan fingerprint density at radius 3 is 2.87 bits per heavy atom. The lowest BCUT2D eigenvalue weighted by molar-refractivity contribution is 0.413. The van der Waals surface area contributed by atoms with Gasteiger partial charge in [0.2, 0.25) is 9.84 Å². The maximum Gasteiger partial charge on any atom is 0.208 e. The highest BCUT2D eigenvalue weighted by Crippen LogP contribution is 2.30. The number of rotatable bonds is 5. The molecule has 1 aromatic carbocycles. The third-order valence-electron chi connectivity index (χ3n) is 3.66. The average Bonchev–Trinajstić information content (AvgIpc) is 2.95. The van der Waals surface area contributed by atoms with Gasteiger partial charge >= 0.3 is 0 Å². The molecule has 7 heteroatoms. The van der Waals surface area contributed by atoms with E-state index in [1.807, 2.05) is 4.57 Å². The molecule has 2 aromatic heterocycles. The summed E-state index contributed by atoms with van der Waals surface area (Å²) < 4.78 is 33.0. The largest absolute Gasteiger partial charge is 0.497 e.